The van der Waals surface area contributed by atoms with E-state index in [1.165, 1.54) is 29.5 Å². The van der Waals surface area contributed by atoms with Gasteiger partial charge < -0.3 is 0 Å². The monoisotopic (exact) mass is 348 g/mol. The molecule has 0 amide bonds. The van der Waals surface area contributed by atoms with Gasteiger partial charge in [0.05, 0.1) is 0 Å². The fourth-order valence-corrected chi connectivity index (χ4v) is 2.71. The standard InChI is InChI=1S/C12H20.2C7H8/c1-10-6-5-7-11(9-8-10)12(2,3)4;2*1-7-5-3-2-4-6-7/h6,8-9,11H,5,7H2,1-4H3;2*2-6H,1H3. The van der Waals surface area contributed by atoms with Crippen LogP contribution in [0.3, 0.4) is 0 Å². The highest BCUT2D eigenvalue weighted by Gasteiger charge is 2.21. The van der Waals surface area contributed by atoms with Crippen LogP contribution >= 0.6 is 0 Å². The fourth-order valence-electron chi connectivity index (χ4n) is 2.71. The minimum atomic E-state index is 0.426. The van der Waals surface area contributed by atoms with Crippen LogP contribution in [-0.2, 0) is 0 Å². The van der Waals surface area contributed by atoms with E-state index in [2.05, 4.69) is 84.0 Å². The molecule has 0 bridgehead atoms. The van der Waals surface area contributed by atoms with Crippen molar-refractivity contribution in [1.82, 2.24) is 0 Å². The summed E-state index contributed by atoms with van der Waals surface area (Å²) < 4.78 is 0. The van der Waals surface area contributed by atoms with Gasteiger partial charge in [0.2, 0.25) is 0 Å². The SMILES string of the molecule is CC1=CCCC(C(C)(C)C)C=C1.Cc1ccccc1.Cc1ccccc1. The van der Waals surface area contributed by atoms with E-state index in [0.29, 0.717) is 5.41 Å². The van der Waals surface area contributed by atoms with Crippen molar-refractivity contribution in [3.63, 3.8) is 0 Å². The Hall–Kier alpha value is -2.08. The number of rotatable bonds is 0. The van der Waals surface area contributed by atoms with Gasteiger partial charge >= 0.3 is 0 Å². The van der Waals surface area contributed by atoms with Gasteiger partial charge in [-0.25, -0.2) is 0 Å². The van der Waals surface area contributed by atoms with Crippen molar-refractivity contribution in [2.75, 3.05) is 0 Å². The van der Waals surface area contributed by atoms with Crippen LogP contribution in [0.5, 0.6) is 0 Å². The molecular weight excluding hydrogens is 312 g/mol. The summed E-state index contributed by atoms with van der Waals surface area (Å²) in [6, 6.07) is 20.5. The molecule has 1 atom stereocenters. The first-order valence-corrected chi connectivity index (χ1v) is 9.67. The van der Waals surface area contributed by atoms with Gasteiger partial charge in [-0.3, -0.25) is 0 Å². The van der Waals surface area contributed by atoms with Gasteiger partial charge in [-0.15, -0.1) is 0 Å². The Morgan fingerprint density at radius 3 is 1.54 bits per heavy atom. The Balaban J connectivity index is 0.000000207. The molecule has 0 nitrogen and oxygen atoms in total. The zero-order chi connectivity index (χ0) is 19.4. The van der Waals surface area contributed by atoms with E-state index >= 15 is 0 Å². The highest BCUT2D eigenvalue weighted by molar-refractivity contribution is 5.19. The molecule has 0 heterocycles. The lowest BCUT2D eigenvalue weighted by molar-refractivity contribution is 0.280. The zero-order valence-corrected chi connectivity index (χ0v) is 17.5. The molecule has 1 aliphatic carbocycles. The Morgan fingerprint density at radius 1 is 0.731 bits per heavy atom. The van der Waals surface area contributed by atoms with Gasteiger partial charge in [0.15, 0.2) is 0 Å². The maximum atomic E-state index is 2.37. The maximum absolute atomic E-state index is 2.37. The average molecular weight is 349 g/mol. The molecule has 0 radical (unpaired) electrons. The molecule has 0 aliphatic heterocycles. The second kappa shape index (κ2) is 11.5. The van der Waals surface area contributed by atoms with Crippen molar-refractivity contribution in [2.24, 2.45) is 11.3 Å². The number of hydrogen-bond acceptors (Lipinski definition) is 0. The van der Waals surface area contributed by atoms with E-state index in [4.69, 9.17) is 0 Å². The van der Waals surface area contributed by atoms with Crippen LogP contribution in [0.2, 0.25) is 0 Å². The number of aryl methyl sites for hydroxylation is 2. The first-order valence-electron chi connectivity index (χ1n) is 9.67. The lowest BCUT2D eigenvalue weighted by Crippen LogP contribution is -2.17. The van der Waals surface area contributed by atoms with E-state index in [1.54, 1.807) is 0 Å². The van der Waals surface area contributed by atoms with Crippen LogP contribution in [-0.4, -0.2) is 0 Å². The molecule has 3 rings (SSSR count). The fraction of sp³-hybridized carbons (Fsp3) is 0.385. The predicted octanol–water partition coefficient (Wildman–Crippen LogP) is 7.94. The van der Waals surface area contributed by atoms with Gasteiger partial charge in [0.25, 0.3) is 0 Å². The molecule has 2 aromatic rings. The molecule has 0 saturated heterocycles. The van der Waals surface area contributed by atoms with E-state index in [0.717, 1.165) is 5.92 Å². The molecule has 0 aromatic heterocycles. The van der Waals surface area contributed by atoms with Crippen LogP contribution in [0, 0.1) is 25.2 Å². The topological polar surface area (TPSA) is 0 Å². The highest BCUT2D eigenvalue weighted by Crippen LogP contribution is 2.32. The third kappa shape index (κ3) is 10.0. The van der Waals surface area contributed by atoms with Gasteiger partial charge in [-0.05, 0) is 44.9 Å². The van der Waals surface area contributed by atoms with Gasteiger partial charge in [-0.1, -0.05) is 116 Å². The minimum absolute atomic E-state index is 0.426. The van der Waals surface area contributed by atoms with Crippen molar-refractivity contribution in [2.45, 2.75) is 54.4 Å². The number of hydrogen-bond donors (Lipinski definition) is 0. The molecule has 0 saturated carbocycles. The second-order valence-corrected chi connectivity index (χ2v) is 8.17. The zero-order valence-electron chi connectivity index (χ0n) is 17.5. The van der Waals surface area contributed by atoms with Gasteiger partial charge in [0, 0.05) is 0 Å². The summed E-state index contributed by atoms with van der Waals surface area (Å²) in [5.41, 5.74) is 4.49. The summed E-state index contributed by atoms with van der Waals surface area (Å²) in [4.78, 5) is 0. The quantitative estimate of drug-likeness (QED) is 0.453. The smallest absolute Gasteiger partial charge is 0.0179 e. The van der Waals surface area contributed by atoms with Crippen molar-refractivity contribution < 1.29 is 0 Å². The molecule has 2 aromatic carbocycles. The Morgan fingerprint density at radius 2 is 1.19 bits per heavy atom. The van der Waals surface area contributed by atoms with E-state index in [1.807, 2.05) is 36.4 Å². The molecule has 0 N–H and O–H groups in total. The lowest BCUT2D eigenvalue weighted by Gasteiger charge is -2.27. The summed E-state index contributed by atoms with van der Waals surface area (Å²) in [7, 11) is 0. The number of allylic oxidation sites excluding steroid dienone is 4. The van der Waals surface area contributed by atoms with E-state index in [-0.39, 0.29) is 0 Å². The Labute approximate surface area is 161 Å². The summed E-state index contributed by atoms with van der Waals surface area (Å²) in [5.74, 6) is 0.742. The first-order chi connectivity index (χ1) is 12.3. The lowest BCUT2D eigenvalue weighted by atomic mass is 9.78. The molecule has 140 valence electrons. The molecular formula is C26H36. The molecule has 26 heavy (non-hydrogen) atoms. The third-order valence-corrected chi connectivity index (χ3v) is 4.53. The first kappa shape index (κ1) is 22.0. The highest BCUT2D eigenvalue weighted by atomic mass is 14.3. The molecule has 0 heteroatoms. The molecule has 1 unspecified atom stereocenters. The normalized spacial score (nSPS) is 16.2. The molecule has 0 spiro atoms. The minimum Gasteiger partial charge on any atom is -0.0816 e. The predicted molar refractivity (Wildman–Crippen MR) is 117 cm³/mol. The Kier molecular flexibility index (Phi) is 9.73. The molecule has 0 fully saturated rings. The summed E-state index contributed by atoms with van der Waals surface area (Å²) in [6.45, 7) is 13.3. The van der Waals surface area contributed by atoms with Crippen molar-refractivity contribution in [3.05, 3.63) is 95.6 Å². The van der Waals surface area contributed by atoms with Crippen LogP contribution < -0.4 is 0 Å². The van der Waals surface area contributed by atoms with E-state index < -0.39 is 0 Å². The third-order valence-electron chi connectivity index (χ3n) is 4.53. The van der Waals surface area contributed by atoms with Crippen molar-refractivity contribution >= 4 is 0 Å². The van der Waals surface area contributed by atoms with Crippen LogP contribution in [0.25, 0.3) is 0 Å². The molecule has 1 aliphatic rings. The maximum Gasteiger partial charge on any atom is -0.0179 e. The summed E-state index contributed by atoms with van der Waals surface area (Å²) >= 11 is 0. The van der Waals surface area contributed by atoms with E-state index in [9.17, 15) is 0 Å². The van der Waals surface area contributed by atoms with Crippen LogP contribution in [0.15, 0.2) is 84.5 Å². The van der Waals surface area contributed by atoms with Crippen LogP contribution in [0.4, 0.5) is 0 Å². The Bertz CT molecular complexity index is 617. The number of benzene rings is 2. The van der Waals surface area contributed by atoms with Gasteiger partial charge in [-0.2, -0.15) is 0 Å². The average Bonchev–Trinajstić information content (AvgIpc) is 2.82. The summed E-state index contributed by atoms with van der Waals surface area (Å²) in [6.07, 6.45) is 9.52. The van der Waals surface area contributed by atoms with Crippen molar-refractivity contribution in [3.8, 4) is 0 Å². The largest absolute Gasteiger partial charge is 0.0816 e. The summed E-state index contributed by atoms with van der Waals surface area (Å²) in [5, 5.41) is 0. The second-order valence-electron chi connectivity index (χ2n) is 8.17. The van der Waals surface area contributed by atoms with Crippen LogP contribution in [0.1, 0.15) is 51.7 Å². The van der Waals surface area contributed by atoms with Crippen molar-refractivity contribution in [1.29, 1.82) is 0 Å². The van der Waals surface area contributed by atoms with Gasteiger partial charge in [0.1, 0.15) is 0 Å².